The molecule has 1 saturated heterocycles. The first kappa shape index (κ1) is 10.2. The zero-order chi connectivity index (χ0) is 10.1. The van der Waals surface area contributed by atoms with Gasteiger partial charge in [-0.1, -0.05) is 0 Å². The van der Waals surface area contributed by atoms with E-state index in [9.17, 15) is 23.3 Å². The van der Waals surface area contributed by atoms with Gasteiger partial charge in [-0.3, -0.25) is 15.4 Å². The molecule has 1 rings (SSSR count). The van der Waals surface area contributed by atoms with E-state index in [2.05, 4.69) is 5.32 Å². The second-order valence-corrected chi connectivity index (χ2v) is 3.02. The molecule has 0 bridgehead atoms. The van der Waals surface area contributed by atoms with Crippen LogP contribution in [0, 0.1) is 16.0 Å². The van der Waals surface area contributed by atoms with E-state index in [4.69, 9.17) is 0 Å². The van der Waals surface area contributed by atoms with Gasteiger partial charge >= 0.3 is 6.18 Å². The van der Waals surface area contributed by atoms with E-state index in [0.717, 1.165) is 0 Å². The van der Waals surface area contributed by atoms with E-state index in [-0.39, 0.29) is 13.0 Å². The third-order valence-electron chi connectivity index (χ3n) is 2.10. The second kappa shape index (κ2) is 3.49. The smallest absolute Gasteiger partial charge is 0.263 e. The molecule has 1 heterocycles. The third-order valence-corrected chi connectivity index (χ3v) is 2.10. The molecular formula is C6H9F3N2O2. The first-order chi connectivity index (χ1) is 5.91. The number of nitrogens with zero attached hydrogens (tertiary/aromatic N) is 1. The summed E-state index contributed by atoms with van der Waals surface area (Å²) >= 11 is 0. The Labute approximate surface area is 72.3 Å². The molecule has 13 heavy (non-hydrogen) atoms. The molecule has 0 radical (unpaired) electrons. The fraction of sp³-hybridized carbons (Fsp3) is 1.00. The SMILES string of the molecule is O=[N+]([O-])C1CC(C(F)(F)F)CCN1. The highest BCUT2D eigenvalue weighted by Gasteiger charge is 2.45. The number of piperidine rings is 1. The van der Waals surface area contributed by atoms with Crippen LogP contribution in [0.2, 0.25) is 0 Å². The molecule has 76 valence electrons. The fourth-order valence-corrected chi connectivity index (χ4v) is 1.35. The molecular weight excluding hydrogens is 189 g/mol. The molecule has 7 heteroatoms. The normalized spacial score (nSPS) is 30.1. The molecule has 0 aromatic rings. The zero-order valence-electron chi connectivity index (χ0n) is 6.67. The Morgan fingerprint density at radius 1 is 1.46 bits per heavy atom. The lowest BCUT2D eigenvalue weighted by molar-refractivity contribution is -0.535. The largest absolute Gasteiger partial charge is 0.392 e. The standard InChI is InChI=1S/C6H9F3N2O2/c7-6(8,9)4-1-2-10-5(3-4)11(12)13/h4-5,10H,1-3H2. The Hall–Kier alpha value is -0.850. The van der Waals surface area contributed by atoms with Crippen LogP contribution in [0.3, 0.4) is 0 Å². The van der Waals surface area contributed by atoms with Gasteiger partial charge in [-0.15, -0.1) is 0 Å². The Bertz CT molecular complexity index is 207. The average Bonchev–Trinajstić information content (AvgIpc) is 2.03. The summed E-state index contributed by atoms with van der Waals surface area (Å²) in [6, 6.07) is 0. The van der Waals surface area contributed by atoms with Gasteiger partial charge in [-0.2, -0.15) is 13.2 Å². The van der Waals surface area contributed by atoms with Crippen molar-refractivity contribution in [1.82, 2.24) is 5.32 Å². The van der Waals surface area contributed by atoms with Gasteiger partial charge in [0.05, 0.1) is 5.92 Å². The van der Waals surface area contributed by atoms with E-state index in [1.54, 1.807) is 0 Å². The molecule has 2 atom stereocenters. The molecule has 1 aliphatic rings. The quantitative estimate of drug-likeness (QED) is 0.508. The van der Waals surface area contributed by atoms with Crippen LogP contribution in [-0.2, 0) is 0 Å². The summed E-state index contributed by atoms with van der Waals surface area (Å²) in [6.45, 7) is 0.0514. The van der Waals surface area contributed by atoms with Gasteiger partial charge in [0.1, 0.15) is 0 Å². The van der Waals surface area contributed by atoms with E-state index in [1.807, 2.05) is 0 Å². The van der Waals surface area contributed by atoms with Crippen LogP contribution in [0.25, 0.3) is 0 Å². The molecule has 2 unspecified atom stereocenters. The summed E-state index contributed by atoms with van der Waals surface area (Å²) in [7, 11) is 0. The maximum atomic E-state index is 12.1. The molecule has 0 spiro atoms. The van der Waals surface area contributed by atoms with Gasteiger partial charge in [-0.25, -0.2) is 0 Å². The van der Waals surface area contributed by atoms with Crippen LogP contribution < -0.4 is 5.32 Å². The Morgan fingerprint density at radius 2 is 2.08 bits per heavy atom. The maximum Gasteiger partial charge on any atom is 0.392 e. The van der Waals surface area contributed by atoms with E-state index in [0.29, 0.717) is 0 Å². The minimum absolute atomic E-state index is 0.0514. The van der Waals surface area contributed by atoms with Crippen molar-refractivity contribution in [1.29, 1.82) is 0 Å². The number of halogens is 3. The fourth-order valence-electron chi connectivity index (χ4n) is 1.35. The van der Waals surface area contributed by atoms with Crippen LogP contribution in [0.15, 0.2) is 0 Å². The minimum Gasteiger partial charge on any atom is -0.263 e. The number of alkyl halides is 3. The van der Waals surface area contributed by atoms with Crippen LogP contribution in [0.1, 0.15) is 12.8 Å². The van der Waals surface area contributed by atoms with Gasteiger partial charge in [0.25, 0.3) is 6.17 Å². The highest BCUT2D eigenvalue weighted by atomic mass is 19.4. The topological polar surface area (TPSA) is 55.2 Å². The molecule has 0 aliphatic carbocycles. The summed E-state index contributed by atoms with van der Waals surface area (Å²) in [5.74, 6) is -1.54. The van der Waals surface area contributed by atoms with Crippen LogP contribution >= 0.6 is 0 Å². The summed E-state index contributed by atoms with van der Waals surface area (Å²) in [4.78, 5) is 9.49. The van der Waals surface area contributed by atoms with E-state index in [1.165, 1.54) is 0 Å². The van der Waals surface area contributed by atoms with Gasteiger partial charge in [0.2, 0.25) is 0 Å². The Kier molecular flexibility index (Phi) is 2.74. The zero-order valence-corrected chi connectivity index (χ0v) is 6.67. The monoisotopic (exact) mass is 198 g/mol. The lowest BCUT2D eigenvalue weighted by atomic mass is 9.95. The minimum atomic E-state index is -4.31. The van der Waals surface area contributed by atoms with E-state index < -0.39 is 29.6 Å². The summed E-state index contributed by atoms with van der Waals surface area (Å²) in [5, 5.41) is 12.6. The Balaban J connectivity index is 2.57. The van der Waals surface area contributed by atoms with Gasteiger partial charge in [0.15, 0.2) is 0 Å². The highest BCUT2D eigenvalue weighted by Crippen LogP contribution is 2.33. The lowest BCUT2D eigenvalue weighted by Crippen LogP contribution is -2.46. The number of hydrogen-bond donors (Lipinski definition) is 1. The molecule has 1 fully saturated rings. The number of nitro groups is 1. The predicted molar refractivity (Wildman–Crippen MR) is 37.6 cm³/mol. The van der Waals surface area contributed by atoms with E-state index >= 15 is 0 Å². The van der Waals surface area contributed by atoms with Crippen molar-refractivity contribution in [3.8, 4) is 0 Å². The summed E-state index contributed by atoms with van der Waals surface area (Å²) < 4.78 is 36.4. The Morgan fingerprint density at radius 3 is 2.54 bits per heavy atom. The number of hydrogen-bond acceptors (Lipinski definition) is 3. The molecule has 1 N–H and O–H groups in total. The van der Waals surface area contributed by atoms with Crippen LogP contribution in [-0.4, -0.2) is 23.8 Å². The van der Waals surface area contributed by atoms with Crippen molar-refractivity contribution in [3.05, 3.63) is 10.1 Å². The number of nitrogens with one attached hydrogen (secondary N) is 1. The first-order valence-electron chi connectivity index (χ1n) is 3.85. The third kappa shape index (κ3) is 2.55. The van der Waals surface area contributed by atoms with Crippen molar-refractivity contribution in [3.63, 3.8) is 0 Å². The van der Waals surface area contributed by atoms with Crippen molar-refractivity contribution < 1.29 is 18.1 Å². The van der Waals surface area contributed by atoms with Crippen molar-refractivity contribution in [2.24, 2.45) is 5.92 Å². The van der Waals surface area contributed by atoms with Gasteiger partial charge < -0.3 is 0 Å². The number of rotatable bonds is 1. The molecule has 0 aromatic carbocycles. The van der Waals surface area contributed by atoms with Crippen molar-refractivity contribution in [2.75, 3.05) is 6.54 Å². The lowest BCUT2D eigenvalue weighted by Gasteiger charge is -2.26. The van der Waals surface area contributed by atoms with Gasteiger partial charge in [-0.05, 0) is 6.42 Å². The second-order valence-electron chi connectivity index (χ2n) is 3.02. The predicted octanol–water partition coefficient (Wildman–Crippen LogP) is 1.15. The van der Waals surface area contributed by atoms with Crippen molar-refractivity contribution >= 4 is 0 Å². The van der Waals surface area contributed by atoms with Gasteiger partial charge in [0, 0.05) is 17.9 Å². The molecule has 0 aromatic heterocycles. The average molecular weight is 198 g/mol. The summed E-state index contributed by atoms with van der Waals surface area (Å²) in [6.07, 6.45) is -6.10. The van der Waals surface area contributed by atoms with Crippen LogP contribution in [0.5, 0.6) is 0 Å². The molecule has 0 amide bonds. The van der Waals surface area contributed by atoms with Crippen molar-refractivity contribution in [2.45, 2.75) is 25.2 Å². The molecule has 1 aliphatic heterocycles. The molecule has 4 nitrogen and oxygen atoms in total. The first-order valence-corrected chi connectivity index (χ1v) is 3.85. The summed E-state index contributed by atoms with van der Waals surface area (Å²) in [5.41, 5.74) is 0. The maximum absolute atomic E-state index is 12.1. The highest BCUT2D eigenvalue weighted by molar-refractivity contribution is 4.77. The van der Waals surface area contributed by atoms with Crippen LogP contribution in [0.4, 0.5) is 13.2 Å². The molecule has 0 saturated carbocycles.